The second-order valence-electron chi connectivity index (χ2n) is 19.9. The minimum Gasteiger partial charge on any atom is -0.309 e. The van der Waals surface area contributed by atoms with Gasteiger partial charge in [0.25, 0.3) is 0 Å². The highest BCUT2D eigenvalue weighted by Gasteiger charge is 2.36. The molecule has 1 aromatic heterocycles. The van der Waals surface area contributed by atoms with Crippen molar-refractivity contribution in [2.24, 2.45) is 0 Å². The summed E-state index contributed by atoms with van der Waals surface area (Å²) in [5.74, 6) is 0.672. The van der Waals surface area contributed by atoms with Crippen LogP contribution < -0.4 is 4.90 Å². The van der Waals surface area contributed by atoms with Gasteiger partial charge in [-0.25, -0.2) is 0 Å². The minimum atomic E-state index is -0.115. The van der Waals surface area contributed by atoms with E-state index in [2.05, 4.69) is 248 Å². The Hall–Kier alpha value is -7.94. The van der Waals surface area contributed by atoms with Crippen LogP contribution in [0.15, 0.2) is 224 Å². The molecule has 11 aromatic rings. The van der Waals surface area contributed by atoms with Crippen LogP contribution in [0.5, 0.6) is 0 Å². The van der Waals surface area contributed by atoms with Gasteiger partial charge < -0.3 is 9.47 Å². The predicted molar refractivity (Wildman–Crippen MR) is 293 cm³/mol. The van der Waals surface area contributed by atoms with Crippen LogP contribution in [0.25, 0.3) is 82.8 Å². The lowest BCUT2D eigenvalue weighted by Gasteiger charge is -2.32. The summed E-state index contributed by atoms with van der Waals surface area (Å²) in [4.78, 5) is 2.58. The van der Waals surface area contributed by atoms with Crippen molar-refractivity contribution in [2.75, 3.05) is 4.90 Å². The number of hydrogen-bond donors (Lipinski definition) is 0. The van der Waals surface area contributed by atoms with E-state index >= 15 is 0 Å². The summed E-state index contributed by atoms with van der Waals surface area (Å²) in [6.45, 7) is 4.74. The maximum atomic E-state index is 2.58. The van der Waals surface area contributed by atoms with Crippen LogP contribution in [-0.2, 0) is 5.41 Å². The van der Waals surface area contributed by atoms with Gasteiger partial charge in [0, 0.05) is 44.1 Å². The van der Waals surface area contributed by atoms with Crippen LogP contribution >= 0.6 is 0 Å². The van der Waals surface area contributed by atoms with E-state index in [0.29, 0.717) is 5.92 Å². The van der Waals surface area contributed by atoms with E-state index in [0.717, 1.165) is 28.3 Å². The van der Waals surface area contributed by atoms with Gasteiger partial charge in [0.05, 0.1) is 22.4 Å². The van der Waals surface area contributed by atoms with Crippen molar-refractivity contribution in [3.63, 3.8) is 0 Å². The zero-order chi connectivity index (χ0) is 46.1. The summed E-state index contributed by atoms with van der Waals surface area (Å²) >= 11 is 0. The average Bonchev–Trinajstić information content (AvgIpc) is 3.87. The molecule has 2 aliphatic carbocycles. The molecule has 0 saturated heterocycles. The van der Waals surface area contributed by atoms with Crippen LogP contribution in [-0.4, -0.2) is 4.57 Å². The lowest BCUT2D eigenvalue weighted by atomic mass is 9.82. The first-order chi connectivity index (χ1) is 34.0. The standard InChI is InChI=1S/C67H54N2/c1-67(2)61-28-16-14-26-56(61)60-44-53(37-40-62(60)67)69(64-41-36-50(42-59(64)48-20-8-4-9-21-48)47-32-30-46(31-33-47)45-18-6-3-7-19-45)66-54-25-13-12-22-49(54)34-38-55(66)51-35-39-58-57-27-15-17-29-63(57)68(65(58)43-51)52-23-10-5-11-24-52/h4-5,8-17,20-45H,3,6-7,18-19H2,1-2H3. The quantitative estimate of drug-likeness (QED) is 0.148. The summed E-state index contributed by atoms with van der Waals surface area (Å²) in [5, 5.41) is 4.89. The van der Waals surface area contributed by atoms with Crippen molar-refractivity contribution in [3.05, 3.63) is 241 Å². The molecule has 1 saturated carbocycles. The smallest absolute Gasteiger partial charge is 0.0618 e. The van der Waals surface area contributed by atoms with E-state index < -0.39 is 0 Å². The SMILES string of the molecule is CC1(C)c2ccccc2-c2cc(N(c3ccc(-c4ccc(C5CCCCC5)cc4)cc3-c3ccccc3)c3c(-c4ccc5c6ccccc6n(-c6ccccc6)c5c4)ccc4ccccc34)ccc21. The molecule has 2 heteroatoms. The topological polar surface area (TPSA) is 8.17 Å². The first-order valence-corrected chi connectivity index (χ1v) is 24.9. The molecule has 0 radical (unpaired) electrons. The zero-order valence-corrected chi connectivity index (χ0v) is 39.4. The Morgan fingerprint density at radius 1 is 0.420 bits per heavy atom. The van der Waals surface area contributed by atoms with Gasteiger partial charge in [0.2, 0.25) is 0 Å². The Balaban J connectivity index is 1.08. The number of anilines is 3. The Bertz CT molecular complexity index is 3720. The fourth-order valence-electron chi connectivity index (χ4n) is 12.1. The number of benzene rings is 10. The number of hydrogen-bond acceptors (Lipinski definition) is 1. The van der Waals surface area contributed by atoms with Gasteiger partial charge in [-0.15, -0.1) is 0 Å². The molecule has 2 aliphatic rings. The molecule has 0 aliphatic heterocycles. The molecule has 1 fully saturated rings. The molecule has 332 valence electrons. The lowest BCUT2D eigenvalue weighted by Crippen LogP contribution is -2.16. The lowest BCUT2D eigenvalue weighted by molar-refractivity contribution is 0.443. The largest absolute Gasteiger partial charge is 0.309 e. The summed E-state index contributed by atoms with van der Waals surface area (Å²) in [6.07, 6.45) is 6.64. The molecule has 0 unspecified atom stereocenters. The van der Waals surface area contributed by atoms with Crippen molar-refractivity contribution in [3.8, 4) is 50.2 Å². The molecule has 13 rings (SSSR count). The van der Waals surface area contributed by atoms with Crippen molar-refractivity contribution in [2.45, 2.75) is 57.3 Å². The van der Waals surface area contributed by atoms with E-state index in [1.807, 2.05) is 0 Å². The second kappa shape index (κ2) is 16.7. The normalized spacial score (nSPS) is 14.3. The van der Waals surface area contributed by atoms with Gasteiger partial charge in [-0.3, -0.25) is 0 Å². The molecule has 0 bridgehead atoms. The third-order valence-corrected chi connectivity index (χ3v) is 15.6. The maximum absolute atomic E-state index is 2.58. The molecule has 0 spiro atoms. The van der Waals surface area contributed by atoms with Gasteiger partial charge in [0.1, 0.15) is 0 Å². The maximum Gasteiger partial charge on any atom is 0.0618 e. The minimum absolute atomic E-state index is 0.115. The number of fused-ring (bicyclic) bond motifs is 7. The summed E-state index contributed by atoms with van der Waals surface area (Å²) < 4.78 is 2.43. The van der Waals surface area contributed by atoms with Crippen molar-refractivity contribution in [1.82, 2.24) is 4.57 Å². The summed E-state index contributed by atoms with van der Waals surface area (Å²) in [6, 6.07) is 84.3. The van der Waals surface area contributed by atoms with Crippen LogP contribution in [0, 0.1) is 0 Å². The summed E-state index contributed by atoms with van der Waals surface area (Å²) in [7, 11) is 0. The van der Waals surface area contributed by atoms with E-state index in [1.54, 1.807) is 0 Å². The molecule has 69 heavy (non-hydrogen) atoms. The van der Waals surface area contributed by atoms with Crippen LogP contribution in [0.2, 0.25) is 0 Å². The summed E-state index contributed by atoms with van der Waals surface area (Å²) in [5.41, 5.74) is 20.8. The second-order valence-corrected chi connectivity index (χ2v) is 19.9. The zero-order valence-electron chi connectivity index (χ0n) is 39.4. The third-order valence-electron chi connectivity index (χ3n) is 15.6. The number of aromatic nitrogens is 1. The predicted octanol–water partition coefficient (Wildman–Crippen LogP) is 18.8. The highest BCUT2D eigenvalue weighted by atomic mass is 15.1. The molecular weight excluding hydrogens is 833 g/mol. The first kappa shape index (κ1) is 41.3. The van der Waals surface area contributed by atoms with E-state index in [1.165, 1.54) is 120 Å². The molecule has 2 nitrogen and oxygen atoms in total. The molecule has 0 N–H and O–H groups in total. The van der Waals surface area contributed by atoms with Crippen LogP contribution in [0.3, 0.4) is 0 Å². The van der Waals surface area contributed by atoms with Crippen LogP contribution in [0.4, 0.5) is 17.1 Å². The van der Waals surface area contributed by atoms with Gasteiger partial charge in [-0.1, -0.05) is 209 Å². The van der Waals surface area contributed by atoms with Crippen molar-refractivity contribution in [1.29, 1.82) is 0 Å². The third kappa shape index (κ3) is 6.92. The fraction of sp³-hybridized carbons (Fsp3) is 0.134. The highest BCUT2D eigenvalue weighted by Crippen LogP contribution is 2.54. The first-order valence-electron chi connectivity index (χ1n) is 24.9. The molecule has 10 aromatic carbocycles. The number of nitrogens with zero attached hydrogens (tertiary/aromatic N) is 2. The van der Waals surface area contributed by atoms with Crippen molar-refractivity contribution >= 4 is 49.6 Å². The Morgan fingerprint density at radius 2 is 1.09 bits per heavy atom. The Kier molecular flexibility index (Phi) is 9.98. The van der Waals surface area contributed by atoms with E-state index in [4.69, 9.17) is 0 Å². The van der Waals surface area contributed by atoms with E-state index in [9.17, 15) is 0 Å². The average molecular weight is 887 g/mol. The molecule has 0 atom stereocenters. The van der Waals surface area contributed by atoms with Crippen molar-refractivity contribution < 1.29 is 0 Å². The monoisotopic (exact) mass is 886 g/mol. The Morgan fingerprint density at radius 3 is 1.91 bits per heavy atom. The van der Waals surface area contributed by atoms with Crippen LogP contribution in [0.1, 0.15) is 68.6 Å². The number of rotatable bonds is 8. The number of para-hydroxylation sites is 2. The van der Waals surface area contributed by atoms with Gasteiger partial charge in [0.15, 0.2) is 0 Å². The van der Waals surface area contributed by atoms with Gasteiger partial charge in [-0.2, -0.15) is 0 Å². The molecule has 1 heterocycles. The van der Waals surface area contributed by atoms with Gasteiger partial charge in [-0.05, 0) is 123 Å². The molecular formula is C67H54N2. The van der Waals surface area contributed by atoms with E-state index in [-0.39, 0.29) is 5.41 Å². The fourth-order valence-corrected chi connectivity index (χ4v) is 12.1. The highest BCUT2D eigenvalue weighted by molar-refractivity contribution is 6.12. The Labute approximate surface area is 405 Å². The van der Waals surface area contributed by atoms with Gasteiger partial charge >= 0.3 is 0 Å². The molecule has 0 amide bonds.